The van der Waals surface area contributed by atoms with Gasteiger partial charge in [-0.1, -0.05) is 11.6 Å². The summed E-state index contributed by atoms with van der Waals surface area (Å²) in [5.41, 5.74) is -0.0165. The number of hydrogen-bond acceptors (Lipinski definition) is 6. The number of likely N-dealkylation sites (tertiary alicyclic amines) is 1. The number of carbonyl (C=O) groups excluding carboxylic acids is 1. The smallest absolute Gasteiger partial charge is 0.420 e. The number of ether oxygens (including phenoxy) is 1. The molecule has 2 aliphatic rings. The van der Waals surface area contributed by atoms with Gasteiger partial charge in [0.15, 0.2) is 11.6 Å². The lowest BCUT2D eigenvalue weighted by molar-refractivity contribution is -0.138. The number of pyridine rings is 1. The van der Waals surface area contributed by atoms with E-state index in [0.29, 0.717) is 29.4 Å². The number of fused-ring (bicyclic) bond motifs is 2. The molecule has 1 aromatic carbocycles. The number of amides is 1. The lowest BCUT2D eigenvalue weighted by atomic mass is 10.1. The summed E-state index contributed by atoms with van der Waals surface area (Å²) in [7, 11) is 1.21. The third-order valence-corrected chi connectivity index (χ3v) is 6.47. The molecule has 3 aromatic rings. The van der Waals surface area contributed by atoms with E-state index >= 15 is 0 Å². The Balaban J connectivity index is 1.44. The predicted molar refractivity (Wildman–Crippen MR) is 117 cm³/mol. The molecule has 0 radical (unpaired) electrons. The molecule has 0 N–H and O–H groups in total. The van der Waals surface area contributed by atoms with Crippen molar-refractivity contribution in [2.75, 3.05) is 25.1 Å². The maximum absolute atomic E-state index is 13.5. The Morgan fingerprint density at radius 2 is 1.76 bits per heavy atom. The number of piperazine rings is 1. The van der Waals surface area contributed by atoms with Crippen LogP contribution in [0.4, 0.5) is 19.0 Å². The molecule has 2 atom stereocenters. The molecule has 2 unspecified atom stereocenters. The third-order valence-electron chi connectivity index (χ3n) is 6.23. The van der Waals surface area contributed by atoms with E-state index in [-0.39, 0.29) is 29.6 Å². The van der Waals surface area contributed by atoms with Crippen molar-refractivity contribution in [3.63, 3.8) is 0 Å². The molecule has 2 bridgehead atoms. The van der Waals surface area contributed by atoms with Gasteiger partial charge in [0.05, 0.1) is 30.8 Å². The second-order valence-corrected chi connectivity index (χ2v) is 8.63. The Morgan fingerprint density at radius 3 is 2.38 bits per heavy atom. The molecule has 0 saturated carbocycles. The molecule has 0 spiro atoms. The highest BCUT2D eigenvalue weighted by Gasteiger charge is 2.45. The normalized spacial score (nSPS) is 20.0. The fourth-order valence-electron chi connectivity index (χ4n) is 4.82. The molecule has 5 rings (SSSR count). The summed E-state index contributed by atoms with van der Waals surface area (Å²) in [5.74, 6) is -0.356. The maximum Gasteiger partial charge on any atom is 0.420 e. The quantitative estimate of drug-likeness (QED) is 0.551. The molecule has 2 aromatic heterocycles. The summed E-state index contributed by atoms with van der Waals surface area (Å²) < 4.78 is 45.7. The highest BCUT2D eigenvalue weighted by atomic mass is 35.5. The minimum atomic E-state index is -4.56. The van der Waals surface area contributed by atoms with Gasteiger partial charge in [0, 0.05) is 36.4 Å². The monoisotopic (exact) mass is 492 g/mol. The van der Waals surface area contributed by atoms with E-state index in [4.69, 9.17) is 16.3 Å². The molecule has 178 valence electrons. The SMILES string of the molecule is COc1c(C(F)(F)F)ccnc1N1C2CCC1CN(C(=O)c1ccc(Cl)cc1-n1nccn1)C2. The number of alkyl halides is 3. The van der Waals surface area contributed by atoms with Gasteiger partial charge in [-0.2, -0.15) is 28.2 Å². The van der Waals surface area contributed by atoms with Gasteiger partial charge in [-0.3, -0.25) is 4.79 Å². The molecule has 2 fully saturated rings. The first kappa shape index (κ1) is 22.5. The molecule has 2 aliphatic heterocycles. The second kappa shape index (κ2) is 8.46. The number of carbonyl (C=O) groups is 1. The average Bonchev–Trinajstić information content (AvgIpc) is 3.43. The molecule has 4 heterocycles. The Labute approximate surface area is 197 Å². The topological polar surface area (TPSA) is 76.4 Å². The third kappa shape index (κ3) is 3.83. The van der Waals surface area contributed by atoms with Gasteiger partial charge in [-0.15, -0.1) is 0 Å². The fourth-order valence-corrected chi connectivity index (χ4v) is 4.99. The summed E-state index contributed by atoms with van der Waals surface area (Å²) >= 11 is 6.14. The van der Waals surface area contributed by atoms with Gasteiger partial charge in [0.1, 0.15) is 5.56 Å². The zero-order valence-electron chi connectivity index (χ0n) is 18.0. The summed E-state index contributed by atoms with van der Waals surface area (Å²) in [6.07, 6.45) is 1.04. The van der Waals surface area contributed by atoms with E-state index in [1.807, 2.05) is 4.90 Å². The lowest BCUT2D eigenvalue weighted by Crippen LogP contribution is -2.56. The van der Waals surface area contributed by atoms with Crippen molar-refractivity contribution in [1.82, 2.24) is 24.9 Å². The van der Waals surface area contributed by atoms with Crippen LogP contribution >= 0.6 is 11.6 Å². The van der Waals surface area contributed by atoms with Gasteiger partial charge >= 0.3 is 6.18 Å². The van der Waals surface area contributed by atoms with Crippen molar-refractivity contribution in [1.29, 1.82) is 0 Å². The minimum Gasteiger partial charge on any atom is -0.492 e. The second-order valence-electron chi connectivity index (χ2n) is 8.20. The van der Waals surface area contributed by atoms with Gasteiger partial charge in [-0.25, -0.2) is 4.98 Å². The lowest BCUT2D eigenvalue weighted by Gasteiger charge is -2.42. The first-order valence-electron chi connectivity index (χ1n) is 10.6. The van der Waals surface area contributed by atoms with Crippen LogP contribution in [0.1, 0.15) is 28.8 Å². The highest BCUT2D eigenvalue weighted by molar-refractivity contribution is 6.31. The summed E-state index contributed by atoms with van der Waals surface area (Å²) in [6.45, 7) is 0.677. The van der Waals surface area contributed by atoms with Crippen LogP contribution < -0.4 is 9.64 Å². The molecule has 34 heavy (non-hydrogen) atoms. The highest BCUT2D eigenvalue weighted by Crippen LogP contribution is 2.44. The van der Waals surface area contributed by atoms with Crippen molar-refractivity contribution in [2.45, 2.75) is 31.1 Å². The number of hydrogen-bond donors (Lipinski definition) is 0. The predicted octanol–water partition coefficient (Wildman–Crippen LogP) is 3.84. The van der Waals surface area contributed by atoms with E-state index in [9.17, 15) is 18.0 Å². The van der Waals surface area contributed by atoms with Gasteiger partial charge in [-0.05, 0) is 37.1 Å². The number of anilines is 1. The van der Waals surface area contributed by atoms with Crippen molar-refractivity contribution in [2.24, 2.45) is 0 Å². The van der Waals surface area contributed by atoms with Crippen LogP contribution in [-0.4, -0.2) is 63.1 Å². The molecular weight excluding hydrogens is 473 g/mol. The number of halogens is 4. The zero-order valence-corrected chi connectivity index (χ0v) is 18.8. The van der Waals surface area contributed by atoms with Crippen molar-refractivity contribution in [3.8, 4) is 11.4 Å². The summed E-state index contributed by atoms with van der Waals surface area (Å²) in [6, 6.07) is 5.42. The van der Waals surface area contributed by atoms with E-state index in [1.165, 1.54) is 24.3 Å². The zero-order chi connectivity index (χ0) is 24.0. The molecule has 8 nitrogen and oxygen atoms in total. The first-order chi connectivity index (χ1) is 16.3. The standard InChI is InChI=1S/C22H20ClF3N6O2/c1-34-19-17(22(24,25)26)6-7-27-20(19)31-14-3-4-15(31)12-30(11-14)21(33)16-5-2-13(23)10-18(16)32-28-8-9-29-32/h2,5-10,14-15H,3-4,11-12H2,1H3. The average molecular weight is 493 g/mol. The summed E-state index contributed by atoms with van der Waals surface area (Å²) in [4.78, 5) is 22.7. The van der Waals surface area contributed by atoms with Gasteiger partial charge in [0.25, 0.3) is 5.91 Å². The van der Waals surface area contributed by atoms with E-state index in [0.717, 1.165) is 25.1 Å². The van der Waals surface area contributed by atoms with Gasteiger partial charge in [0.2, 0.25) is 0 Å². The molecule has 12 heteroatoms. The van der Waals surface area contributed by atoms with Crippen LogP contribution in [0.25, 0.3) is 5.69 Å². The Morgan fingerprint density at radius 1 is 1.09 bits per heavy atom. The number of nitrogens with zero attached hydrogens (tertiary/aromatic N) is 6. The Hall–Kier alpha value is -3.34. The Kier molecular flexibility index (Phi) is 5.59. The van der Waals surface area contributed by atoms with Crippen LogP contribution in [0.15, 0.2) is 42.9 Å². The van der Waals surface area contributed by atoms with E-state index in [1.54, 1.807) is 23.1 Å². The first-order valence-corrected chi connectivity index (χ1v) is 11.0. The van der Waals surface area contributed by atoms with E-state index in [2.05, 4.69) is 15.2 Å². The maximum atomic E-state index is 13.5. The molecule has 0 aliphatic carbocycles. The van der Waals surface area contributed by atoms with Crippen molar-refractivity contribution in [3.05, 3.63) is 59.0 Å². The van der Waals surface area contributed by atoms with Gasteiger partial charge < -0.3 is 14.5 Å². The Bertz CT molecular complexity index is 1210. The number of benzene rings is 1. The van der Waals surface area contributed by atoms with E-state index < -0.39 is 11.7 Å². The van der Waals surface area contributed by atoms with Crippen LogP contribution in [-0.2, 0) is 6.18 Å². The van der Waals surface area contributed by atoms with Crippen molar-refractivity contribution < 1.29 is 22.7 Å². The van der Waals surface area contributed by atoms with Crippen LogP contribution in [0.2, 0.25) is 5.02 Å². The number of aromatic nitrogens is 4. The van der Waals surface area contributed by atoms with Crippen LogP contribution in [0.3, 0.4) is 0 Å². The minimum absolute atomic E-state index is 0.157. The number of rotatable bonds is 4. The van der Waals surface area contributed by atoms with Crippen LogP contribution in [0, 0.1) is 0 Å². The molecule has 1 amide bonds. The molecular formula is C22H20ClF3N6O2. The summed E-state index contributed by atoms with van der Waals surface area (Å²) in [5, 5.41) is 8.66. The number of methoxy groups -OCH3 is 1. The van der Waals surface area contributed by atoms with Crippen LogP contribution in [0.5, 0.6) is 5.75 Å². The van der Waals surface area contributed by atoms with Crippen molar-refractivity contribution >= 4 is 23.3 Å². The largest absolute Gasteiger partial charge is 0.492 e. The molecule has 2 saturated heterocycles. The fraction of sp³-hybridized carbons (Fsp3) is 0.364.